The number of carbonyl (C=O) groups is 1. The summed E-state index contributed by atoms with van der Waals surface area (Å²) in [5.41, 5.74) is 2.33. The summed E-state index contributed by atoms with van der Waals surface area (Å²) >= 11 is 1.76. The van der Waals surface area contributed by atoms with Gasteiger partial charge in [-0.2, -0.15) is 11.3 Å². The average Bonchev–Trinajstić information content (AvgIpc) is 3.23. The molecule has 1 atom stereocenters. The molecular weight excluding hydrogens is 382 g/mol. The molecule has 0 aliphatic carbocycles. The summed E-state index contributed by atoms with van der Waals surface area (Å²) < 4.78 is 6.53. The van der Waals surface area contributed by atoms with Crippen LogP contribution in [0.1, 0.15) is 24.0 Å². The van der Waals surface area contributed by atoms with E-state index in [4.69, 9.17) is 4.74 Å². The number of carbonyl (C=O) groups excluding carboxylic acids is 1. The first kappa shape index (κ1) is 20.5. The Hall–Kier alpha value is -1.73. The molecule has 0 saturated carbocycles. The Morgan fingerprint density at radius 2 is 1.97 bits per heavy atom. The number of ether oxygens (including phenoxy) is 1. The van der Waals surface area contributed by atoms with E-state index >= 15 is 0 Å². The van der Waals surface area contributed by atoms with Crippen LogP contribution in [0.3, 0.4) is 0 Å². The van der Waals surface area contributed by atoms with Crippen molar-refractivity contribution in [2.45, 2.75) is 37.6 Å². The number of morpholine rings is 1. The van der Waals surface area contributed by atoms with Crippen LogP contribution in [-0.2, 0) is 22.6 Å². The van der Waals surface area contributed by atoms with E-state index in [1.807, 2.05) is 25.2 Å². The van der Waals surface area contributed by atoms with Crippen molar-refractivity contribution in [2.75, 3.05) is 40.3 Å². The number of piperidine rings is 1. The maximum atomic E-state index is 13.1. The van der Waals surface area contributed by atoms with Gasteiger partial charge >= 0.3 is 0 Å². The van der Waals surface area contributed by atoms with Gasteiger partial charge in [-0.15, -0.1) is 0 Å². The second-order valence-electron chi connectivity index (χ2n) is 8.57. The van der Waals surface area contributed by atoms with Crippen molar-refractivity contribution >= 4 is 17.2 Å². The van der Waals surface area contributed by atoms with Gasteiger partial charge in [-0.05, 0) is 47.8 Å². The number of nitrogens with zero attached hydrogens (tertiary/aromatic N) is 3. The van der Waals surface area contributed by atoms with Gasteiger partial charge in [-0.3, -0.25) is 9.69 Å². The van der Waals surface area contributed by atoms with Gasteiger partial charge in [0.05, 0.1) is 5.60 Å². The van der Waals surface area contributed by atoms with Crippen molar-refractivity contribution in [2.24, 2.45) is 0 Å². The van der Waals surface area contributed by atoms with Crippen LogP contribution in [-0.4, -0.2) is 72.6 Å². The summed E-state index contributed by atoms with van der Waals surface area (Å²) in [6.45, 7) is 5.24. The molecular formula is C23H31N3O2S. The molecule has 2 aliphatic heterocycles. The Morgan fingerprint density at radius 3 is 2.66 bits per heavy atom. The first-order valence-corrected chi connectivity index (χ1v) is 11.4. The van der Waals surface area contributed by atoms with E-state index in [9.17, 15) is 4.79 Å². The molecule has 2 fully saturated rings. The maximum absolute atomic E-state index is 13.1. The first-order chi connectivity index (χ1) is 14.0. The van der Waals surface area contributed by atoms with Gasteiger partial charge in [0.25, 0.3) is 5.91 Å². The van der Waals surface area contributed by atoms with E-state index in [0.717, 1.165) is 44.6 Å². The smallest absolute Gasteiger partial charge is 0.253 e. The number of hydrogen-bond acceptors (Lipinski definition) is 5. The fourth-order valence-corrected chi connectivity index (χ4v) is 5.22. The normalized spacial score (nSPS) is 22.6. The third kappa shape index (κ3) is 5.07. The van der Waals surface area contributed by atoms with Crippen molar-refractivity contribution in [3.8, 4) is 0 Å². The lowest BCUT2D eigenvalue weighted by Gasteiger charge is -2.49. The van der Waals surface area contributed by atoms with Gasteiger partial charge in [0.2, 0.25) is 0 Å². The molecule has 0 unspecified atom stereocenters. The van der Waals surface area contributed by atoms with Gasteiger partial charge in [0, 0.05) is 46.3 Å². The molecule has 5 nitrogen and oxygen atoms in total. The molecule has 156 valence electrons. The summed E-state index contributed by atoms with van der Waals surface area (Å²) in [5.74, 6) is 0.0838. The molecule has 2 aromatic rings. The zero-order valence-corrected chi connectivity index (χ0v) is 18.2. The molecule has 1 aromatic heterocycles. The fourth-order valence-electron chi connectivity index (χ4n) is 4.56. The van der Waals surface area contributed by atoms with Crippen LogP contribution in [0.4, 0.5) is 0 Å². The van der Waals surface area contributed by atoms with E-state index in [1.165, 1.54) is 5.56 Å². The van der Waals surface area contributed by atoms with Crippen LogP contribution >= 0.6 is 11.3 Å². The third-order valence-corrected chi connectivity index (χ3v) is 6.83. The molecule has 1 amide bonds. The molecule has 1 aromatic carbocycles. The molecule has 6 heteroatoms. The highest BCUT2D eigenvalue weighted by molar-refractivity contribution is 7.07. The van der Waals surface area contributed by atoms with Crippen LogP contribution in [0.15, 0.2) is 47.2 Å². The highest BCUT2D eigenvalue weighted by Gasteiger charge is 2.44. The SMILES string of the molecule is CN1C[C@@H](C(=O)N(C)Cc2ccccc2)OC2(CCN(Cc3ccsc3)CC2)C1. The number of likely N-dealkylation sites (tertiary alicyclic amines) is 1. The average molecular weight is 414 g/mol. The monoisotopic (exact) mass is 413 g/mol. The Bertz CT molecular complexity index is 788. The maximum Gasteiger partial charge on any atom is 0.253 e. The number of amides is 1. The van der Waals surface area contributed by atoms with E-state index in [2.05, 4.69) is 45.8 Å². The largest absolute Gasteiger partial charge is 0.359 e. The van der Waals surface area contributed by atoms with E-state index in [0.29, 0.717) is 13.1 Å². The minimum absolute atomic E-state index is 0.0838. The number of benzene rings is 1. The van der Waals surface area contributed by atoms with Crippen LogP contribution < -0.4 is 0 Å². The predicted molar refractivity (Wildman–Crippen MR) is 117 cm³/mol. The van der Waals surface area contributed by atoms with Crippen molar-refractivity contribution in [3.63, 3.8) is 0 Å². The van der Waals surface area contributed by atoms with Crippen molar-refractivity contribution in [1.29, 1.82) is 0 Å². The van der Waals surface area contributed by atoms with Crippen molar-refractivity contribution in [1.82, 2.24) is 14.7 Å². The van der Waals surface area contributed by atoms with Crippen LogP contribution in [0.5, 0.6) is 0 Å². The van der Waals surface area contributed by atoms with Gasteiger partial charge in [-0.1, -0.05) is 30.3 Å². The summed E-state index contributed by atoms with van der Waals surface area (Å²) in [6.07, 6.45) is 1.58. The lowest BCUT2D eigenvalue weighted by Crippen LogP contribution is -2.61. The summed E-state index contributed by atoms with van der Waals surface area (Å²) in [6, 6.07) is 12.3. The Balaban J connectivity index is 1.36. The Morgan fingerprint density at radius 1 is 1.21 bits per heavy atom. The van der Waals surface area contributed by atoms with Crippen LogP contribution in [0, 0.1) is 0 Å². The molecule has 4 rings (SSSR count). The molecule has 2 aliphatic rings. The summed E-state index contributed by atoms with van der Waals surface area (Å²) in [7, 11) is 3.99. The first-order valence-electron chi connectivity index (χ1n) is 10.4. The van der Waals surface area contributed by atoms with Gasteiger partial charge in [-0.25, -0.2) is 0 Å². The minimum Gasteiger partial charge on any atom is -0.359 e. The molecule has 3 heterocycles. The van der Waals surface area contributed by atoms with Gasteiger partial charge in [0.15, 0.2) is 0 Å². The Labute approximate surface area is 177 Å². The van der Waals surface area contributed by atoms with Crippen molar-refractivity contribution < 1.29 is 9.53 Å². The zero-order chi connectivity index (χ0) is 20.3. The second kappa shape index (κ2) is 8.96. The molecule has 0 bridgehead atoms. The molecule has 0 N–H and O–H groups in total. The lowest BCUT2D eigenvalue weighted by molar-refractivity contribution is -0.188. The van der Waals surface area contributed by atoms with Crippen molar-refractivity contribution in [3.05, 3.63) is 58.3 Å². The second-order valence-corrected chi connectivity index (χ2v) is 9.35. The molecule has 1 spiro atoms. The van der Waals surface area contributed by atoms with Gasteiger partial charge in [0.1, 0.15) is 6.10 Å². The zero-order valence-electron chi connectivity index (χ0n) is 17.4. The van der Waals surface area contributed by atoms with Crippen LogP contribution in [0.2, 0.25) is 0 Å². The fraction of sp³-hybridized carbons (Fsp3) is 0.522. The highest BCUT2D eigenvalue weighted by atomic mass is 32.1. The summed E-state index contributed by atoms with van der Waals surface area (Å²) in [5, 5.41) is 4.37. The number of likely N-dealkylation sites (N-methyl/N-ethyl adjacent to an activating group) is 2. The quantitative estimate of drug-likeness (QED) is 0.755. The van der Waals surface area contributed by atoms with Crippen LogP contribution in [0.25, 0.3) is 0 Å². The Kier molecular flexibility index (Phi) is 6.35. The topological polar surface area (TPSA) is 36.0 Å². The molecule has 2 saturated heterocycles. The van der Waals surface area contributed by atoms with E-state index in [1.54, 1.807) is 16.2 Å². The number of hydrogen-bond donors (Lipinski definition) is 0. The van der Waals surface area contributed by atoms with Gasteiger partial charge < -0.3 is 14.5 Å². The lowest BCUT2D eigenvalue weighted by atomic mass is 9.88. The molecule has 0 radical (unpaired) electrons. The summed E-state index contributed by atoms with van der Waals surface area (Å²) in [4.78, 5) is 19.7. The predicted octanol–water partition coefficient (Wildman–Crippen LogP) is 3.07. The molecule has 29 heavy (non-hydrogen) atoms. The highest BCUT2D eigenvalue weighted by Crippen LogP contribution is 2.33. The number of rotatable bonds is 5. The van der Waals surface area contributed by atoms with E-state index in [-0.39, 0.29) is 17.6 Å². The minimum atomic E-state index is -0.383. The third-order valence-electron chi connectivity index (χ3n) is 6.10. The number of thiophene rings is 1. The standard InChI is InChI=1S/C23H31N3O2S/c1-24-16-21(22(27)25(2)14-19-6-4-3-5-7-19)28-23(18-24)9-11-26(12-10-23)15-20-8-13-29-17-20/h3-8,13,17,21H,9-12,14-16,18H2,1-2H3/t21-/m0/s1. The van der Waals surface area contributed by atoms with E-state index < -0.39 is 0 Å².